The van der Waals surface area contributed by atoms with Gasteiger partial charge in [-0.05, 0) is 62.8 Å². The first-order valence-corrected chi connectivity index (χ1v) is 8.04. The van der Waals surface area contributed by atoms with Crippen molar-refractivity contribution in [1.29, 1.82) is 0 Å². The third-order valence-electron chi connectivity index (χ3n) is 4.32. The second kappa shape index (κ2) is 7.88. The van der Waals surface area contributed by atoms with E-state index in [-0.39, 0.29) is 24.3 Å². The van der Waals surface area contributed by atoms with Crippen LogP contribution in [-0.2, 0) is 11.0 Å². The predicted octanol–water partition coefficient (Wildman–Crippen LogP) is 3.14. The molecule has 1 aromatic rings. The van der Waals surface area contributed by atoms with Crippen molar-refractivity contribution in [3.8, 4) is 5.75 Å². The highest BCUT2D eigenvalue weighted by molar-refractivity contribution is 5.81. The number of nitrogens with one attached hydrogen (secondary N) is 1. The zero-order valence-electron chi connectivity index (χ0n) is 13.5. The van der Waals surface area contributed by atoms with Crippen LogP contribution in [0, 0.1) is 5.92 Å². The van der Waals surface area contributed by atoms with E-state index in [1.165, 1.54) is 12.1 Å². The van der Waals surface area contributed by atoms with Gasteiger partial charge in [-0.1, -0.05) is 0 Å². The lowest BCUT2D eigenvalue weighted by molar-refractivity contribution is -0.137. The molecule has 1 aliphatic rings. The number of hydrogen-bond donors (Lipinski definition) is 2. The normalized spacial score (nSPS) is 22.7. The molecule has 0 heterocycles. The van der Waals surface area contributed by atoms with Gasteiger partial charge in [-0.25, -0.2) is 0 Å². The second-order valence-corrected chi connectivity index (χ2v) is 6.19. The van der Waals surface area contributed by atoms with Gasteiger partial charge in [-0.2, -0.15) is 13.2 Å². The van der Waals surface area contributed by atoms with Crippen LogP contribution in [0.5, 0.6) is 5.75 Å². The fourth-order valence-electron chi connectivity index (χ4n) is 2.79. The smallest absolute Gasteiger partial charge is 0.416 e. The summed E-state index contributed by atoms with van der Waals surface area (Å²) < 4.78 is 42.9. The fourth-order valence-corrected chi connectivity index (χ4v) is 2.79. The third kappa shape index (κ3) is 5.12. The van der Waals surface area contributed by atoms with E-state index in [1.54, 1.807) is 6.92 Å². The number of aliphatic hydroxyl groups excluding tert-OH is 1. The zero-order chi connectivity index (χ0) is 17.7. The summed E-state index contributed by atoms with van der Waals surface area (Å²) in [5.41, 5.74) is -0.757. The molecule has 1 aliphatic carbocycles. The molecule has 1 unspecified atom stereocenters. The molecule has 2 N–H and O–H groups in total. The number of halogens is 3. The Balaban J connectivity index is 1.83. The van der Waals surface area contributed by atoms with Gasteiger partial charge >= 0.3 is 6.18 Å². The minimum absolute atomic E-state index is 0.0546. The Morgan fingerprint density at radius 3 is 2.33 bits per heavy atom. The largest absolute Gasteiger partial charge is 0.481 e. The average molecular weight is 345 g/mol. The zero-order valence-corrected chi connectivity index (χ0v) is 13.5. The maximum absolute atomic E-state index is 12.5. The molecule has 0 bridgehead atoms. The summed E-state index contributed by atoms with van der Waals surface area (Å²) in [7, 11) is 0. The van der Waals surface area contributed by atoms with Crippen LogP contribution in [0.4, 0.5) is 13.2 Å². The van der Waals surface area contributed by atoms with Gasteiger partial charge in [-0.3, -0.25) is 4.79 Å². The molecule has 24 heavy (non-hydrogen) atoms. The molecular formula is C17H22F3NO3. The van der Waals surface area contributed by atoms with Gasteiger partial charge in [0.1, 0.15) is 5.75 Å². The van der Waals surface area contributed by atoms with Crippen LogP contribution in [0.2, 0.25) is 0 Å². The van der Waals surface area contributed by atoms with Crippen LogP contribution in [-0.4, -0.2) is 29.8 Å². The molecule has 1 atom stereocenters. The van der Waals surface area contributed by atoms with Gasteiger partial charge in [0.15, 0.2) is 6.10 Å². The molecule has 0 aromatic heterocycles. The van der Waals surface area contributed by atoms with E-state index in [2.05, 4.69) is 5.32 Å². The third-order valence-corrected chi connectivity index (χ3v) is 4.32. The molecule has 0 spiro atoms. The molecule has 4 nitrogen and oxygen atoms in total. The van der Waals surface area contributed by atoms with Crippen molar-refractivity contribution >= 4 is 5.91 Å². The van der Waals surface area contributed by atoms with Crippen LogP contribution in [0.15, 0.2) is 24.3 Å². The first-order chi connectivity index (χ1) is 11.3. The van der Waals surface area contributed by atoms with Crippen molar-refractivity contribution in [2.75, 3.05) is 6.61 Å². The Morgan fingerprint density at radius 1 is 1.25 bits per heavy atom. The lowest BCUT2D eigenvalue weighted by atomic mass is 9.86. The first kappa shape index (κ1) is 18.6. The average Bonchev–Trinajstić information content (AvgIpc) is 2.55. The number of amides is 1. The molecule has 0 saturated heterocycles. The minimum atomic E-state index is -4.39. The van der Waals surface area contributed by atoms with E-state index in [0.717, 1.165) is 37.8 Å². The van der Waals surface area contributed by atoms with Crippen molar-refractivity contribution in [2.45, 2.75) is 50.9 Å². The summed E-state index contributed by atoms with van der Waals surface area (Å²) >= 11 is 0. The maximum Gasteiger partial charge on any atom is 0.416 e. The summed E-state index contributed by atoms with van der Waals surface area (Å²) in [5.74, 6) is 0.232. The molecule has 1 saturated carbocycles. The van der Waals surface area contributed by atoms with Crippen molar-refractivity contribution < 1.29 is 27.8 Å². The number of rotatable bonds is 5. The first-order valence-electron chi connectivity index (χ1n) is 8.04. The highest BCUT2D eigenvalue weighted by atomic mass is 19.4. The highest BCUT2D eigenvalue weighted by Crippen LogP contribution is 2.30. The minimum Gasteiger partial charge on any atom is -0.481 e. The SMILES string of the molecule is CC(Oc1ccc(C(F)(F)F)cc1)C(=O)NC1CCC(CO)CC1. The molecule has 1 fully saturated rings. The number of carbonyl (C=O) groups is 1. The molecule has 2 rings (SSSR count). The molecule has 0 aliphatic heterocycles. The monoisotopic (exact) mass is 345 g/mol. The molecular weight excluding hydrogens is 323 g/mol. The lowest BCUT2D eigenvalue weighted by Crippen LogP contribution is -2.44. The summed E-state index contributed by atoms with van der Waals surface area (Å²) in [4.78, 5) is 12.1. The number of carbonyl (C=O) groups excluding carboxylic acids is 1. The quantitative estimate of drug-likeness (QED) is 0.862. The van der Waals surface area contributed by atoms with E-state index in [1.807, 2.05) is 0 Å². The molecule has 0 radical (unpaired) electrons. The van der Waals surface area contributed by atoms with Crippen molar-refractivity contribution in [3.05, 3.63) is 29.8 Å². The Kier molecular flexibility index (Phi) is 6.10. The standard InChI is InChI=1S/C17H22F3NO3/c1-11(16(23)21-14-6-2-12(10-22)3-7-14)24-15-8-4-13(5-9-15)17(18,19)20/h4-5,8-9,11-12,14,22H,2-3,6-7,10H2,1H3,(H,21,23). The Labute approximate surface area is 139 Å². The van der Waals surface area contributed by atoms with Gasteiger partial charge in [0.25, 0.3) is 5.91 Å². The molecule has 1 aromatic carbocycles. The van der Waals surface area contributed by atoms with Gasteiger partial charge in [0, 0.05) is 12.6 Å². The summed E-state index contributed by atoms with van der Waals surface area (Å²) in [5, 5.41) is 12.0. The number of alkyl halides is 3. The van der Waals surface area contributed by atoms with Gasteiger partial charge in [0.2, 0.25) is 0 Å². The topological polar surface area (TPSA) is 58.6 Å². The van der Waals surface area contributed by atoms with Crippen LogP contribution in [0.3, 0.4) is 0 Å². The van der Waals surface area contributed by atoms with Gasteiger partial charge in [-0.15, -0.1) is 0 Å². The number of aliphatic hydroxyl groups is 1. The van der Waals surface area contributed by atoms with Crippen LogP contribution >= 0.6 is 0 Å². The lowest BCUT2D eigenvalue weighted by Gasteiger charge is -2.28. The van der Waals surface area contributed by atoms with E-state index >= 15 is 0 Å². The van der Waals surface area contributed by atoms with Crippen LogP contribution in [0.25, 0.3) is 0 Å². The Bertz CT molecular complexity index is 537. The fraction of sp³-hybridized carbons (Fsp3) is 0.588. The number of benzene rings is 1. The second-order valence-electron chi connectivity index (χ2n) is 6.19. The van der Waals surface area contributed by atoms with E-state index in [4.69, 9.17) is 9.84 Å². The molecule has 7 heteroatoms. The molecule has 1 amide bonds. The van der Waals surface area contributed by atoms with E-state index in [0.29, 0.717) is 5.92 Å². The van der Waals surface area contributed by atoms with Gasteiger partial charge in [0.05, 0.1) is 5.56 Å². The maximum atomic E-state index is 12.5. The van der Waals surface area contributed by atoms with E-state index in [9.17, 15) is 18.0 Å². The van der Waals surface area contributed by atoms with Crippen molar-refractivity contribution in [3.63, 3.8) is 0 Å². The van der Waals surface area contributed by atoms with Crippen molar-refractivity contribution in [1.82, 2.24) is 5.32 Å². The van der Waals surface area contributed by atoms with Crippen molar-refractivity contribution in [2.24, 2.45) is 5.92 Å². The Morgan fingerprint density at radius 2 is 1.83 bits per heavy atom. The summed E-state index contributed by atoms with van der Waals surface area (Å²) in [6, 6.07) is 4.32. The predicted molar refractivity (Wildman–Crippen MR) is 82.5 cm³/mol. The van der Waals surface area contributed by atoms with Crippen LogP contribution in [0.1, 0.15) is 38.2 Å². The number of hydrogen-bond acceptors (Lipinski definition) is 3. The molecule has 134 valence electrons. The highest BCUT2D eigenvalue weighted by Gasteiger charge is 2.30. The summed E-state index contributed by atoms with van der Waals surface area (Å²) in [6.07, 6.45) is -1.83. The van der Waals surface area contributed by atoms with E-state index < -0.39 is 17.8 Å². The summed E-state index contributed by atoms with van der Waals surface area (Å²) in [6.45, 7) is 1.74. The number of ether oxygens (including phenoxy) is 1. The Hall–Kier alpha value is -1.76. The van der Waals surface area contributed by atoms with Gasteiger partial charge < -0.3 is 15.2 Å². The van der Waals surface area contributed by atoms with Crippen LogP contribution < -0.4 is 10.1 Å².